The summed E-state index contributed by atoms with van der Waals surface area (Å²) in [4.78, 5) is 23.6. The molecule has 2 aromatic rings. The van der Waals surface area contributed by atoms with Crippen LogP contribution in [-0.4, -0.2) is 16.9 Å². The first-order valence-electron chi connectivity index (χ1n) is 8.07. The van der Waals surface area contributed by atoms with Crippen molar-refractivity contribution in [2.45, 2.75) is 33.6 Å². The molecule has 2 aromatic carbocycles. The molecule has 0 aromatic heterocycles. The Balaban J connectivity index is 1.92. The Morgan fingerprint density at radius 3 is 2.62 bits per heavy atom. The maximum absolute atomic E-state index is 12.5. The number of fused-ring (bicyclic) bond motifs is 1. The highest BCUT2D eigenvalue weighted by atomic mass is 16.4. The van der Waals surface area contributed by atoms with Crippen LogP contribution >= 0.6 is 0 Å². The van der Waals surface area contributed by atoms with Crippen LogP contribution in [0.3, 0.4) is 0 Å². The second-order valence-electron chi connectivity index (χ2n) is 7.04. The molecule has 0 saturated heterocycles. The zero-order valence-electron chi connectivity index (χ0n) is 14.1. The summed E-state index contributed by atoms with van der Waals surface area (Å²) in [6.45, 7) is 5.91. The van der Waals surface area contributed by atoms with E-state index < -0.39 is 5.97 Å². The van der Waals surface area contributed by atoms with Crippen LogP contribution in [0.4, 0.5) is 11.4 Å². The predicted octanol–water partition coefficient (Wildman–Crippen LogP) is 4.59. The predicted molar refractivity (Wildman–Crippen MR) is 94.3 cm³/mol. The summed E-state index contributed by atoms with van der Waals surface area (Å²) in [5, 5.41) is 12.4. The molecule has 0 fully saturated rings. The van der Waals surface area contributed by atoms with Gasteiger partial charge in [-0.15, -0.1) is 0 Å². The van der Waals surface area contributed by atoms with Crippen LogP contribution in [0.5, 0.6) is 0 Å². The molecular weight excluding hydrogens is 302 g/mol. The molecule has 1 aliphatic rings. The van der Waals surface area contributed by atoms with Gasteiger partial charge in [0, 0.05) is 22.4 Å². The molecule has 0 saturated carbocycles. The normalized spacial score (nSPS) is 15.7. The SMILES string of the molecule is Cc1ccc(C(=O)O)cc1Nc1ccc2c(c1)CCC(C)(C)C2=O. The molecule has 0 amide bonds. The molecule has 2 N–H and O–H groups in total. The maximum atomic E-state index is 12.5. The maximum Gasteiger partial charge on any atom is 0.335 e. The van der Waals surface area contributed by atoms with Gasteiger partial charge in [0.25, 0.3) is 0 Å². The van der Waals surface area contributed by atoms with Crippen molar-refractivity contribution in [3.05, 3.63) is 58.7 Å². The monoisotopic (exact) mass is 323 g/mol. The van der Waals surface area contributed by atoms with E-state index >= 15 is 0 Å². The molecule has 0 heterocycles. The van der Waals surface area contributed by atoms with E-state index in [1.165, 1.54) is 0 Å². The highest BCUT2D eigenvalue weighted by molar-refractivity contribution is 6.02. The average molecular weight is 323 g/mol. The number of benzene rings is 2. The number of hydrogen-bond donors (Lipinski definition) is 2. The standard InChI is InChI=1S/C20H21NO3/c1-12-4-5-14(19(23)24)11-17(12)21-15-6-7-16-13(10-15)8-9-20(2,3)18(16)22/h4-7,10-11,21H,8-9H2,1-3H3,(H,23,24). The van der Waals surface area contributed by atoms with Crippen molar-refractivity contribution in [3.63, 3.8) is 0 Å². The Morgan fingerprint density at radius 2 is 1.92 bits per heavy atom. The third-order valence-corrected chi connectivity index (χ3v) is 4.75. The van der Waals surface area contributed by atoms with Crippen molar-refractivity contribution in [3.8, 4) is 0 Å². The first-order valence-corrected chi connectivity index (χ1v) is 8.07. The van der Waals surface area contributed by atoms with Crippen molar-refractivity contribution < 1.29 is 14.7 Å². The second kappa shape index (κ2) is 5.78. The van der Waals surface area contributed by atoms with E-state index in [-0.39, 0.29) is 16.8 Å². The van der Waals surface area contributed by atoms with Crippen molar-refractivity contribution in [2.24, 2.45) is 5.41 Å². The van der Waals surface area contributed by atoms with Gasteiger partial charge >= 0.3 is 5.97 Å². The summed E-state index contributed by atoms with van der Waals surface area (Å²) in [7, 11) is 0. The number of aromatic carboxylic acids is 1. The molecule has 0 aliphatic heterocycles. The lowest BCUT2D eigenvalue weighted by Crippen LogP contribution is -2.30. The van der Waals surface area contributed by atoms with Crippen LogP contribution in [0.25, 0.3) is 0 Å². The third-order valence-electron chi connectivity index (χ3n) is 4.75. The van der Waals surface area contributed by atoms with Crippen LogP contribution in [0.15, 0.2) is 36.4 Å². The fourth-order valence-electron chi connectivity index (χ4n) is 3.07. The van der Waals surface area contributed by atoms with Crippen molar-refractivity contribution >= 4 is 23.1 Å². The molecule has 4 nitrogen and oxygen atoms in total. The van der Waals surface area contributed by atoms with E-state index in [1.807, 2.05) is 39.0 Å². The average Bonchev–Trinajstić information content (AvgIpc) is 2.53. The van der Waals surface area contributed by atoms with Crippen LogP contribution < -0.4 is 5.32 Å². The van der Waals surface area contributed by atoms with Gasteiger partial charge < -0.3 is 10.4 Å². The number of Topliss-reactive ketones (excluding diaryl/α,β-unsaturated/α-hetero) is 1. The van der Waals surface area contributed by atoms with Gasteiger partial charge in [-0.05, 0) is 61.2 Å². The van der Waals surface area contributed by atoms with Gasteiger partial charge in [-0.3, -0.25) is 4.79 Å². The summed E-state index contributed by atoms with van der Waals surface area (Å²) in [6.07, 6.45) is 1.72. The fraction of sp³-hybridized carbons (Fsp3) is 0.300. The zero-order valence-corrected chi connectivity index (χ0v) is 14.1. The molecular formula is C20H21NO3. The number of ketones is 1. The van der Waals surface area contributed by atoms with Gasteiger partial charge in [-0.2, -0.15) is 0 Å². The quantitative estimate of drug-likeness (QED) is 0.867. The third kappa shape index (κ3) is 2.92. The smallest absolute Gasteiger partial charge is 0.335 e. The van der Waals surface area contributed by atoms with Gasteiger partial charge in [-0.25, -0.2) is 4.79 Å². The lowest BCUT2D eigenvalue weighted by Gasteiger charge is -2.29. The number of carbonyl (C=O) groups excluding carboxylic acids is 1. The number of rotatable bonds is 3. The fourth-order valence-corrected chi connectivity index (χ4v) is 3.07. The van der Waals surface area contributed by atoms with E-state index in [2.05, 4.69) is 5.32 Å². The topological polar surface area (TPSA) is 66.4 Å². The van der Waals surface area contributed by atoms with Gasteiger partial charge in [-0.1, -0.05) is 19.9 Å². The van der Waals surface area contributed by atoms with E-state index in [0.717, 1.165) is 40.9 Å². The van der Waals surface area contributed by atoms with E-state index in [9.17, 15) is 9.59 Å². The molecule has 0 bridgehead atoms. The van der Waals surface area contributed by atoms with E-state index in [0.29, 0.717) is 0 Å². The summed E-state index contributed by atoms with van der Waals surface area (Å²) in [6, 6.07) is 10.8. The Labute approximate surface area is 141 Å². The molecule has 0 atom stereocenters. The molecule has 3 rings (SSSR count). The molecule has 124 valence electrons. The summed E-state index contributed by atoms with van der Waals surface area (Å²) < 4.78 is 0. The van der Waals surface area contributed by atoms with Gasteiger partial charge in [0.2, 0.25) is 0 Å². The molecule has 0 unspecified atom stereocenters. The minimum atomic E-state index is -0.948. The van der Waals surface area contributed by atoms with Gasteiger partial charge in [0.05, 0.1) is 5.56 Å². The van der Waals surface area contributed by atoms with Gasteiger partial charge in [0.1, 0.15) is 0 Å². The van der Waals surface area contributed by atoms with Crippen LogP contribution in [0.1, 0.15) is 52.1 Å². The molecule has 0 radical (unpaired) electrons. The second-order valence-corrected chi connectivity index (χ2v) is 7.04. The van der Waals surface area contributed by atoms with Gasteiger partial charge in [0.15, 0.2) is 5.78 Å². The summed E-state index contributed by atoms with van der Waals surface area (Å²) in [5.41, 5.74) is 4.40. The number of carboxylic acids is 1. The number of aryl methyl sites for hydroxylation is 2. The Hall–Kier alpha value is -2.62. The first kappa shape index (κ1) is 16.2. The van der Waals surface area contributed by atoms with E-state index in [1.54, 1.807) is 18.2 Å². The Kier molecular flexibility index (Phi) is 3.91. The van der Waals surface area contributed by atoms with Crippen LogP contribution in [-0.2, 0) is 6.42 Å². The lowest BCUT2D eigenvalue weighted by molar-refractivity contribution is 0.0696. The largest absolute Gasteiger partial charge is 0.478 e. The Morgan fingerprint density at radius 1 is 1.17 bits per heavy atom. The first-order chi connectivity index (χ1) is 11.3. The number of carboxylic acid groups (broad SMARTS) is 1. The minimum absolute atomic E-state index is 0.194. The molecule has 4 heteroatoms. The zero-order chi connectivity index (χ0) is 17.5. The number of nitrogens with one attached hydrogen (secondary N) is 1. The summed E-state index contributed by atoms with van der Waals surface area (Å²) >= 11 is 0. The Bertz CT molecular complexity index is 837. The highest BCUT2D eigenvalue weighted by Crippen LogP contribution is 2.36. The number of carbonyl (C=O) groups is 2. The van der Waals surface area contributed by atoms with Crippen LogP contribution in [0.2, 0.25) is 0 Å². The number of hydrogen-bond acceptors (Lipinski definition) is 3. The van der Waals surface area contributed by atoms with Crippen LogP contribution in [0, 0.1) is 12.3 Å². The molecule has 0 spiro atoms. The highest BCUT2D eigenvalue weighted by Gasteiger charge is 2.33. The molecule has 24 heavy (non-hydrogen) atoms. The minimum Gasteiger partial charge on any atom is -0.478 e. The lowest BCUT2D eigenvalue weighted by atomic mass is 9.73. The molecule has 1 aliphatic carbocycles. The summed E-state index contributed by atoms with van der Waals surface area (Å²) in [5.74, 6) is -0.754. The number of anilines is 2. The van der Waals surface area contributed by atoms with Crippen molar-refractivity contribution in [1.82, 2.24) is 0 Å². The van der Waals surface area contributed by atoms with Crippen molar-refractivity contribution in [1.29, 1.82) is 0 Å². The van der Waals surface area contributed by atoms with Crippen molar-refractivity contribution in [2.75, 3.05) is 5.32 Å². The van der Waals surface area contributed by atoms with E-state index in [4.69, 9.17) is 5.11 Å².